The number of hydrogen-bond acceptors (Lipinski definition) is 4. The van der Waals surface area contributed by atoms with Gasteiger partial charge < -0.3 is 14.4 Å². The zero-order valence-corrected chi connectivity index (χ0v) is 13.0. The molecule has 0 spiro atoms. The van der Waals surface area contributed by atoms with E-state index in [9.17, 15) is 4.79 Å². The number of fused-ring (bicyclic) bond motifs is 1. The number of nitrogens with zero attached hydrogens (tertiary/aromatic N) is 1. The number of likely N-dealkylation sites (N-methyl/N-ethyl adjacent to an activating group) is 1. The van der Waals surface area contributed by atoms with E-state index >= 15 is 0 Å². The minimum absolute atomic E-state index is 0.103. The zero-order valence-electron chi connectivity index (χ0n) is 11.4. The molecule has 1 unspecified atom stereocenters. The molecule has 1 atom stereocenters. The van der Waals surface area contributed by atoms with E-state index < -0.39 is 6.10 Å². The molecule has 1 aromatic heterocycles. The summed E-state index contributed by atoms with van der Waals surface area (Å²) >= 11 is 7.37. The third-order valence-corrected chi connectivity index (χ3v) is 4.40. The second-order valence-electron chi connectivity index (χ2n) is 4.76. The van der Waals surface area contributed by atoms with E-state index in [1.165, 1.54) is 11.3 Å². The summed E-state index contributed by atoms with van der Waals surface area (Å²) in [5, 5.41) is 0. The van der Waals surface area contributed by atoms with Crippen molar-refractivity contribution in [2.24, 2.45) is 0 Å². The van der Waals surface area contributed by atoms with Crippen LogP contribution in [0.2, 0.25) is 4.34 Å². The number of para-hydroxylation sites is 2. The molecule has 6 heteroatoms. The van der Waals surface area contributed by atoms with Gasteiger partial charge in [0.05, 0.1) is 10.9 Å². The Morgan fingerprint density at radius 1 is 1.33 bits per heavy atom. The van der Waals surface area contributed by atoms with Crippen LogP contribution < -0.4 is 9.47 Å². The van der Waals surface area contributed by atoms with Crippen molar-refractivity contribution in [2.45, 2.75) is 12.6 Å². The summed E-state index contributed by atoms with van der Waals surface area (Å²) in [6, 6.07) is 11.1. The molecular weight excluding hydrogens is 310 g/mol. The largest absolute Gasteiger partial charge is 0.485 e. The van der Waals surface area contributed by atoms with Gasteiger partial charge in [-0.1, -0.05) is 23.7 Å². The number of thiophene rings is 1. The molecule has 0 fully saturated rings. The average Bonchev–Trinajstić information content (AvgIpc) is 2.91. The van der Waals surface area contributed by atoms with Crippen molar-refractivity contribution in [2.75, 3.05) is 13.7 Å². The lowest BCUT2D eigenvalue weighted by Gasteiger charge is -2.28. The third-order valence-electron chi connectivity index (χ3n) is 3.18. The van der Waals surface area contributed by atoms with Crippen molar-refractivity contribution < 1.29 is 14.3 Å². The molecule has 0 saturated carbocycles. The Balaban J connectivity index is 1.66. The van der Waals surface area contributed by atoms with Gasteiger partial charge in [0, 0.05) is 11.9 Å². The fourth-order valence-electron chi connectivity index (χ4n) is 2.14. The van der Waals surface area contributed by atoms with Crippen LogP contribution in [0.4, 0.5) is 0 Å². The first-order valence-corrected chi connectivity index (χ1v) is 7.70. The van der Waals surface area contributed by atoms with Gasteiger partial charge in [-0.05, 0) is 24.3 Å². The molecule has 0 aliphatic carbocycles. The first-order valence-electron chi connectivity index (χ1n) is 6.51. The zero-order chi connectivity index (χ0) is 14.8. The van der Waals surface area contributed by atoms with Crippen molar-refractivity contribution in [3.05, 3.63) is 45.6 Å². The normalized spacial score (nSPS) is 16.6. The number of benzene rings is 1. The fraction of sp³-hybridized carbons (Fsp3) is 0.267. The maximum Gasteiger partial charge on any atom is 0.267 e. The van der Waals surface area contributed by atoms with Crippen molar-refractivity contribution >= 4 is 28.8 Å². The Morgan fingerprint density at radius 3 is 2.81 bits per heavy atom. The van der Waals surface area contributed by atoms with Crippen molar-refractivity contribution in [3.63, 3.8) is 0 Å². The second kappa shape index (κ2) is 5.95. The molecule has 1 amide bonds. The summed E-state index contributed by atoms with van der Waals surface area (Å²) in [7, 11) is 1.75. The number of rotatable bonds is 3. The predicted octanol–water partition coefficient (Wildman–Crippen LogP) is 3.20. The van der Waals surface area contributed by atoms with Crippen molar-refractivity contribution in [1.82, 2.24) is 4.90 Å². The van der Waals surface area contributed by atoms with E-state index in [1.54, 1.807) is 18.0 Å². The molecule has 2 heterocycles. The van der Waals surface area contributed by atoms with E-state index in [2.05, 4.69) is 0 Å². The maximum absolute atomic E-state index is 12.4. The highest BCUT2D eigenvalue weighted by molar-refractivity contribution is 7.16. The molecule has 0 radical (unpaired) electrons. The second-order valence-corrected chi connectivity index (χ2v) is 6.56. The Bertz CT molecular complexity index is 658. The summed E-state index contributed by atoms with van der Waals surface area (Å²) in [5.74, 6) is 1.18. The summed E-state index contributed by atoms with van der Waals surface area (Å²) in [6.45, 7) is 0.739. The van der Waals surface area contributed by atoms with Gasteiger partial charge in [-0.3, -0.25) is 4.79 Å². The van der Waals surface area contributed by atoms with E-state index in [1.807, 2.05) is 30.3 Å². The van der Waals surface area contributed by atoms with Crippen molar-refractivity contribution in [3.8, 4) is 11.5 Å². The minimum Gasteiger partial charge on any atom is -0.485 e. The van der Waals surface area contributed by atoms with Crippen LogP contribution in [0, 0.1) is 0 Å². The first-order chi connectivity index (χ1) is 10.1. The minimum atomic E-state index is -0.611. The van der Waals surface area contributed by atoms with Crippen LogP contribution in [0.1, 0.15) is 4.88 Å². The molecule has 110 valence electrons. The average molecular weight is 324 g/mol. The van der Waals surface area contributed by atoms with Crippen LogP contribution in [-0.2, 0) is 11.3 Å². The van der Waals surface area contributed by atoms with E-state index in [0.717, 1.165) is 9.21 Å². The van der Waals surface area contributed by atoms with Gasteiger partial charge in [0.1, 0.15) is 6.61 Å². The summed E-state index contributed by atoms with van der Waals surface area (Å²) in [4.78, 5) is 15.1. The lowest BCUT2D eigenvalue weighted by Crippen LogP contribution is -2.44. The van der Waals surface area contributed by atoms with Gasteiger partial charge in [0.2, 0.25) is 6.10 Å². The number of carbonyl (C=O) groups is 1. The van der Waals surface area contributed by atoms with Gasteiger partial charge in [-0.2, -0.15) is 0 Å². The highest BCUT2D eigenvalue weighted by Gasteiger charge is 2.29. The van der Waals surface area contributed by atoms with Gasteiger partial charge in [0.15, 0.2) is 11.5 Å². The lowest BCUT2D eigenvalue weighted by molar-refractivity contribution is -0.140. The monoisotopic (exact) mass is 323 g/mol. The highest BCUT2D eigenvalue weighted by atomic mass is 35.5. The van der Waals surface area contributed by atoms with Crippen molar-refractivity contribution in [1.29, 1.82) is 0 Å². The van der Waals surface area contributed by atoms with E-state index in [0.29, 0.717) is 18.0 Å². The smallest absolute Gasteiger partial charge is 0.267 e. The summed E-state index contributed by atoms with van der Waals surface area (Å²) < 4.78 is 12.0. The maximum atomic E-state index is 12.4. The number of carbonyl (C=O) groups excluding carboxylic acids is 1. The van der Waals surface area contributed by atoms with E-state index in [-0.39, 0.29) is 12.5 Å². The Morgan fingerprint density at radius 2 is 2.10 bits per heavy atom. The van der Waals surface area contributed by atoms with Crippen LogP contribution in [-0.4, -0.2) is 30.6 Å². The molecule has 0 N–H and O–H groups in total. The first kappa shape index (κ1) is 14.2. The summed E-state index contributed by atoms with van der Waals surface area (Å²) in [6.07, 6.45) is -0.611. The number of ether oxygens (including phenoxy) is 2. The SMILES string of the molecule is CN(Cc1ccc(Cl)s1)C(=O)C1COc2ccccc2O1. The molecule has 0 saturated heterocycles. The quantitative estimate of drug-likeness (QED) is 0.870. The van der Waals surface area contributed by atoms with Gasteiger partial charge in [-0.25, -0.2) is 0 Å². The molecule has 21 heavy (non-hydrogen) atoms. The Hall–Kier alpha value is -1.72. The Kier molecular flexibility index (Phi) is 4.03. The topological polar surface area (TPSA) is 38.8 Å². The number of amides is 1. The van der Waals surface area contributed by atoms with E-state index in [4.69, 9.17) is 21.1 Å². The lowest BCUT2D eigenvalue weighted by atomic mass is 10.2. The molecule has 3 rings (SSSR count). The standard InChI is InChI=1S/C15H14ClNO3S/c1-17(8-10-6-7-14(16)21-10)15(18)13-9-19-11-4-2-3-5-12(11)20-13/h2-7,13H,8-9H2,1H3. The molecule has 0 bridgehead atoms. The fourth-order valence-corrected chi connectivity index (χ4v) is 3.28. The molecule has 4 nitrogen and oxygen atoms in total. The van der Waals surface area contributed by atoms with Gasteiger partial charge >= 0.3 is 0 Å². The number of hydrogen-bond donors (Lipinski definition) is 0. The predicted molar refractivity (Wildman–Crippen MR) is 82.2 cm³/mol. The molecule has 2 aromatic rings. The Labute approximate surface area is 131 Å². The highest BCUT2D eigenvalue weighted by Crippen LogP contribution is 2.31. The number of halogens is 1. The van der Waals surface area contributed by atoms with Crippen LogP contribution in [0.3, 0.4) is 0 Å². The third kappa shape index (κ3) is 3.14. The van der Waals surface area contributed by atoms with Gasteiger partial charge in [0.25, 0.3) is 5.91 Å². The van der Waals surface area contributed by atoms with Crippen LogP contribution in [0.15, 0.2) is 36.4 Å². The molecular formula is C15H14ClNO3S. The van der Waals surface area contributed by atoms with Crippen LogP contribution in [0.25, 0.3) is 0 Å². The molecule has 1 aliphatic heterocycles. The van der Waals surface area contributed by atoms with Crippen LogP contribution in [0.5, 0.6) is 11.5 Å². The summed E-state index contributed by atoms with van der Waals surface area (Å²) in [5.41, 5.74) is 0. The molecule has 1 aliphatic rings. The van der Waals surface area contributed by atoms with Crippen LogP contribution >= 0.6 is 22.9 Å². The molecule has 1 aromatic carbocycles. The van der Waals surface area contributed by atoms with Gasteiger partial charge in [-0.15, -0.1) is 11.3 Å².